The van der Waals surface area contributed by atoms with Gasteiger partial charge in [-0.3, -0.25) is 4.79 Å². The van der Waals surface area contributed by atoms with E-state index in [0.29, 0.717) is 18.2 Å². The average molecular weight is 283 g/mol. The molecule has 1 aliphatic carbocycles. The van der Waals surface area contributed by atoms with Crippen molar-refractivity contribution in [2.45, 2.75) is 24.3 Å². The van der Waals surface area contributed by atoms with Gasteiger partial charge in [-0.25, -0.2) is 4.79 Å². The molecule has 2 rings (SSSR count). The lowest BCUT2D eigenvalue weighted by Crippen LogP contribution is -2.28. The van der Waals surface area contributed by atoms with Gasteiger partial charge in [0.2, 0.25) is 5.91 Å². The molecule has 0 aromatic carbocycles. The summed E-state index contributed by atoms with van der Waals surface area (Å²) in [4.78, 5) is 29.7. The molecule has 104 valence electrons. The molecule has 19 heavy (non-hydrogen) atoms. The molecule has 0 saturated carbocycles. The number of hydrogen-bond acceptors (Lipinski definition) is 5. The van der Waals surface area contributed by atoms with E-state index in [9.17, 15) is 9.59 Å². The van der Waals surface area contributed by atoms with Gasteiger partial charge in [0.1, 0.15) is 5.03 Å². The molecule has 1 aromatic rings. The summed E-state index contributed by atoms with van der Waals surface area (Å²) in [7, 11) is 1.59. The molecule has 1 aromatic heterocycles. The van der Waals surface area contributed by atoms with Gasteiger partial charge in [-0.1, -0.05) is 11.8 Å². The van der Waals surface area contributed by atoms with E-state index in [4.69, 9.17) is 4.74 Å². The van der Waals surface area contributed by atoms with Crippen LogP contribution in [0.25, 0.3) is 0 Å². The van der Waals surface area contributed by atoms with Crippen molar-refractivity contribution in [3.8, 4) is 0 Å². The predicted molar refractivity (Wildman–Crippen MR) is 72.5 cm³/mol. The van der Waals surface area contributed by atoms with Crippen LogP contribution in [-0.2, 0) is 22.4 Å². The van der Waals surface area contributed by atoms with Gasteiger partial charge >= 0.3 is 5.69 Å². The zero-order valence-corrected chi connectivity index (χ0v) is 11.6. The molecule has 0 atom stereocenters. The molecule has 0 spiro atoms. The Morgan fingerprint density at radius 1 is 1.53 bits per heavy atom. The van der Waals surface area contributed by atoms with Crippen LogP contribution in [0.4, 0.5) is 0 Å². The highest BCUT2D eigenvalue weighted by Crippen LogP contribution is 2.27. The number of carbonyl (C=O) groups is 1. The molecule has 0 saturated heterocycles. The Labute approximate surface area is 115 Å². The molecule has 0 radical (unpaired) electrons. The van der Waals surface area contributed by atoms with Gasteiger partial charge in [-0.2, -0.15) is 4.98 Å². The van der Waals surface area contributed by atoms with Gasteiger partial charge in [0.15, 0.2) is 0 Å². The topological polar surface area (TPSA) is 84.1 Å². The van der Waals surface area contributed by atoms with E-state index in [0.717, 1.165) is 30.5 Å². The number of aromatic amines is 1. The highest BCUT2D eigenvalue weighted by Gasteiger charge is 2.18. The third-order valence-electron chi connectivity index (χ3n) is 2.91. The monoisotopic (exact) mass is 283 g/mol. The molecule has 7 heteroatoms. The largest absolute Gasteiger partial charge is 0.383 e. The number of aryl methyl sites for hydroxylation is 1. The molecule has 2 N–H and O–H groups in total. The standard InChI is InChI=1S/C12H17N3O3S/c1-18-6-5-13-10(16)7-19-11-8-3-2-4-9(8)14-12(17)15-11/h2-7H2,1H3,(H,13,16)(H,14,15,17). The van der Waals surface area contributed by atoms with Crippen molar-refractivity contribution < 1.29 is 9.53 Å². The third-order valence-corrected chi connectivity index (χ3v) is 3.92. The summed E-state index contributed by atoms with van der Waals surface area (Å²) in [6.45, 7) is 0.992. The molecular formula is C12H17N3O3S. The van der Waals surface area contributed by atoms with E-state index in [1.165, 1.54) is 11.8 Å². The van der Waals surface area contributed by atoms with Crippen LogP contribution in [0.15, 0.2) is 9.82 Å². The van der Waals surface area contributed by atoms with Crippen molar-refractivity contribution in [3.05, 3.63) is 21.7 Å². The van der Waals surface area contributed by atoms with Crippen molar-refractivity contribution in [3.63, 3.8) is 0 Å². The van der Waals surface area contributed by atoms with Crippen LogP contribution >= 0.6 is 11.8 Å². The number of rotatable bonds is 6. The molecule has 0 aliphatic heterocycles. The van der Waals surface area contributed by atoms with E-state index in [-0.39, 0.29) is 17.3 Å². The van der Waals surface area contributed by atoms with Crippen molar-refractivity contribution >= 4 is 17.7 Å². The fourth-order valence-electron chi connectivity index (χ4n) is 2.03. The number of hydrogen-bond donors (Lipinski definition) is 2. The Hall–Kier alpha value is -1.34. The lowest BCUT2D eigenvalue weighted by atomic mass is 10.3. The Kier molecular flexibility index (Phi) is 4.98. The summed E-state index contributed by atoms with van der Waals surface area (Å²) in [6, 6.07) is 0. The number of methoxy groups -OCH3 is 1. The van der Waals surface area contributed by atoms with E-state index >= 15 is 0 Å². The van der Waals surface area contributed by atoms with Gasteiger partial charge in [-0.05, 0) is 19.3 Å². The first-order valence-electron chi connectivity index (χ1n) is 6.21. The predicted octanol–water partition coefficient (Wildman–Crippen LogP) is 0.113. The fraction of sp³-hybridized carbons (Fsp3) is 0.583. The van der Waals surface area contributed by atoms with Crippen molar-refractivity contribution in [2.75, 3.05) is 26.0 Å². The number of thioether (sulfide) groups is 1. The number of aromatic nitrogens is 2. The fourth-order valence-corrected chi connectivity index (χ4v) is 2.95. The summed E-state index contributed by atoms with van der Waals surface area (Å²) in [6.07, 6.45) is 2.85. The first-order chi connectivity index (χ1) is 9.20. The number of nitrogens with zero attached hydrogens (tertiary/aromatic N) is 1. The van der Waals surface area contributed by atoms with Gasteiger partial charge < -0.3 is 15.0 Å². The summed E-state index contributed by atoms with van der Waals surface area (Å²) in [5.74, 6) is 0.197. The van der Waals surface area contributed by atoms with Gasteiger partial charge in [0.05, 0.1) is 12.4 Å². The van der Waals surface area contributed by atoms with Crippen LogP contribution in [0.1, 0.15) is 17.7 Å². The number of carbonyl (C=O) groups excluding carboxylic acids is 1. The molecular weight excluding hydrogens is 266 g/mol. The smallest absolute Gasteiger partial charge is 0.346 e. The molecule has 6 nitrogen and oxygen atoms in total. The quantitative estimate of drug-likeness (QED) is 0.440. The Morgan fingerprint density at radius 2 is 2.37 bits per heavy atom. The maximum absolute atomic E-state index is 11.6. The van der Waals surface area contributed by atoms with Crippen LogP contribution in [0, 0.1) is 0 Å². The Balaban J connectivity index is 1.93. The number of fused-ring (bicyclic) bond motifs is 1. The Morgan fingerprint density at radius 3 is 3.16 bits per heavy atom. The second-order valence-electron chi connectivity index (χ2n) is 4.29. The van der Waals surface area contributed by atoms with Crippen LogP contribution < -0.4 is 11.0 Å². The van der Waals surface area contributed by atoms with Crippen LogP contribution in [-0.4, -0.2) is 41.9 Å². The summed E-state index contributed by atoms with van der Waals surface area (Å²) in [5, 5.41) is 3.43. The first-order valence-corrected chi connectivity index (χ1v) is 7.19. The number of amides is 1. The highest BCUT2D eigenvalue weighted by molar-refractivity contribution is 7.99. The van der Waals surface area contributed by atoms with E-state index in [1.54, 1.807) is 7.11 Å². The number of H-pyrrole nitrogens is 1. The maximum atomic E-state index is 11.6. The minimum Gasteiger partial charge on any atom is -0.383 e. The maximum Gasteiger partial charge on any atom is 0.346 e. The van der Waals surface area contributed by atoms with Crippen molar-refractivity contribution in [2.24, 2.45) is 0 Å². The normalized spacial score (nSPS) is 13.3. The summed E-state index contributed by atoms with van der Waals surface area (Å²) < 4.78 is 4.85. The first kappa shape index (κ1) is 14.1. The molecule has 1 heterocycles. The number of ether oxygens (including phenoxy) is 1. The molecule has 1 aliphatic rings. The third kappa shape index (κ3) is 3.81. The summed E-state index contributed by atoms with van der Waals surface area (Å²) >= 11 is 1.32. The van der Waals surface area contributed by atoms with E-state index in [2.05, 4.69) is 15.3 Å². The molecule has 0 bridgehead atoms. The second kappa shape index (κ2) is 6.72. The van der Waals surface area contributed by atoms with Gasteiger partial charge in [0, 0.05) is 24.9 Å². The number of nitrogens with one attached hydrogen (secondary N) is 2. The van der Waals surface area contributed by atoms with Crippen molar-refractivity contribution in [1.82, 2.24) is 15.3 Å². The molecule has 0 fully saturated rings. The average Bonchev–Trinajstić information content (AvgIpc) is 2.84. The van der Waals surface area contributed by atoms with E-state index in [1.807, 2.05) is 0 Å². The lowest BCUT2D eigenvalue weighted by molar-refractivity contribution is -0.118. The highest BCUT2D eigenvalue weighted by atomic mass is 32.2. The van der Waals surface area contributed by atoms with Crippen molar-refractivity contribution in [1.29, 1.82) is 0 Å². The van der Waals surface area contributed by atoms with Gasteiger partial charge in [0.25, 0.3) is 0 Å². The molecule has 1 amide bonds. The molecule has 0 unspecified atom stereocenters. The lowest BCUT2D eigenvalue weighted by Gasteiger charge is -2.07. The van der Waals surface area contributed by atoms with Crippen LogP contribution in [0.3, 0.4) is 0 Å². The zero-order chi connectivity index (χ0) is 13.7. The Bertz CT molecular complexity index is 515. The SMILES string of the molecule is COCCNC(=O)CSc1nc(=O)[nH]c2c1CCC2. The van der Waals surface area contributed by atoms with E-state index < -0.39 is 0 Å². The minimum absolute atomic E-state index is 0.0733. The van der Waals surface area contributed by atoms with Crippen LogP contribution in [0.2, 0.25) is 0 Å². The minimum atomic E-state index is -0.331. The second-order valence-corrected chi connectivity index (χ2v) is 5.25. The summed E-state index contributed by atoms with van der Waals surface area (Å²) in [5.41, 5.74) is 1.74. The van der Waals surface area contributed by atoms with Gasteiger partial charge in [-0.15, -0.1) is 0 Å². The zero-order valence-electron chi connectivity index (χ0n) is 10.8. The van der Waals surface area contributed by atoms with Crippen LogP contribution in [0.5, 0.6) is 0 Å².